The van der Waals surface area contributed by atoms with E-state index in [-0.39, 0.29) is 23.9 Å². The summed E-state index contributed by atoms with van der Waals surface area (Å²) in [5.41, 5.74) is 5.81. The van der Waals surface area contributed by atoms with Crippen molar-refractivity contribution in [1.82, 2.24) is 4.90 Å². The number of ketones is 1. The molecule has 2 N–H and O–H groups in total. The molecule has 2 aliphatic rings. The number of halogens is 1. The number of hydrogen-bond donors (Lipinski definition) is 2. The molecule has 1 aromatic rings. The second kappa shape index (κ2) is 7.27. The van der Waals surface area contributed by atoms with Gasteiger partial charge in [-0.1, -0.05) is 41.7 Å². The van der Waals surface area contributed by atoms with Crippen LogP contribution in [0.25, 0.3) is 0 Å². The van der Waals surface area contributed by atoms with Crippen molar-refractivity contribution in [2.45, 2.75) is 40.2 Å². The van der Waals surface area contributed by atoms with Crippen molar-refractivity contribution in [3.63, 3.8) is 0 Å². The van der Waals surface area contributed by atoms with Crippen molar-refractivity contribution >= 4 is 42.0 Å². The van der Waals surface area contributed by atoms with Gasteiger partial charge in [-0.15, -0.1) is 0 Å². The topological polar surface area (TPSA) is 80.4 Å². The third kappa shape index (κ3) is 3.54. The summed E-state index contributed by atoms with van der Waals surface area (Å²) >= 11 is 6.06. The van der Waals surface area contributed by atoms with Crippen LogP contribution in [0.1, 0.15) is 39.7 Å². The lowest BCUT2D eigenvalue weighted by molar-refractivity contribution is -0.117. The van der Waals surface area contributed by atoms with Crippen LogP contribution in [-0.4, -0.2) is 41.4 Å². The fourth-order valence-electron chi connectivity index (χ4n) is 3.61. The Balaban J connectivity index is 2.27. The second-order valence-electron chi connectivity index (χ2n) is 7.12. The van der Waals surface area contributed by atoms with E-state index in [9.17, 15) is 4.79 Å². The maximum absolute atomic E-state index is 11.8. The van der Waals surface area contributed by atoms with Crippen molar-refractivity contribution < 1.29 is 4.79 Å². The molecule has 3 rings (SSSR count). The molecule has 0 radical (unpaired) electrons. The van der Waals surface area contributed by atoms with Gasteiger partial charge in [0, 0.05) is 22.6 Å². The van der Waals surface area contributed by atoms with Gasteiger partial charge in [0.25, 0.3) is 0 Å². The summed E-state index contributed by atoms with van der Waals surface area (Å²) in [6.45, 7) is 7.29. The summed E-state index contributed by atoms with van der Waals surface area (Å²) in [6, 6.07) is 6.83. The number of benzene rings is 1. The molecule has 5 nitrogen and oxygen atoms in total. The Morgan fingerprint density at radius 1 is 1.26 bits per heavy atom. The molecule has 2 aliphatic heterocycles. The number of Topliss-reactive ketones (excluding diaryl/α,β-unsaturated/α-hetero) is 1. The minimum atomic E-state index is -0.618. The third-order valence-electron chi connectivity index (χ3n) is 5.02. The van der Waals surface area contributed by atoms with Gasteiger partial charge in [-0.3, -0.25) is 25.5 Å². The Morgan fingerprint density at radius 2 is 1.89 bits per heavy atom. The molecular weight excluding hydrogens is 359 g/mol. The fraction of sp³-hybridized carbons (Fsp3) is 0.300. The quantitative estimate of drug-likeness (QED) is 0.476. The lowest BCUT2D eigenvalue weighted by atomic mass is 9.69. The zero-order valence-electron chi connectivity index (χ0n) is 16.0. The number of amidine groups is 2. The molecule has 0 aromatic heterocycles. The zero-order valence-corrected chi connectivity index (χ0v) is 16.7. The average molecular weight is 381 g/mol. The lowest BCUT2D eigenvalue weighted by Crippen LogP contribution is -2.41. The van der Waals surface area contributed by atoms with E-state index < -0.39 is 6.04 Å². The molecular formula is C20H22BClN4O. The first kappa shape index (κ1) is 19.3. The van der Waals surface area contributed by atoms with Gasteiger partial charge in [0.15, 0.2) is 0 Å². The van der Waals surface area contributed by atoms with Gasteiger partial charge in [-0.05, 0) is 38.5 Å². The summed E-state index contributed by atoms with van der Waals surface area (Å²) in [4.78, 5) is 18.3. The molecule has 7 heteroatoms. The van der Waals surface area contributed by atoms with E-state index in [1.54, 1.807) is 11.8 Å². The van der Waals surface area contributed by atoms with E-state index in [1.165, 1.54) is 12.4 Å². The van der Waals surface area contributed by atoms with Crippen LogP contribution in [0.4, 0.5) is 0 Å². The highest BCUT2D eigenvalue weighted by molar-refractivity contribution is 6.58. The highest BCUT2D eigenvalue weighted by atomic mass is 35.5. The first-order valence-corrected chi connectivity index (χ1v) is 9.25. The van der Waals surface area contributed by atoms with Crippen LogP contribution in [0, 0.1) is 10.8 Å². The van der Waals surface area contributed by atoms with Gasteiger partial charge in [-0.2, -0.15) is 0 Å². The Morgan fingerprint density at radius 3 is 2.44 bits per heavy atom. The van der Waals surface area contributed by atoms with E-state index in [0.717, 1.165) is 28.0 Å². The molecule has 2 heterocycles. The lowest BCUT2D eigenvalue weighted by Gasteiger charge is -2.27. The monoisotopic (exact) mass is 380 g/mol. The highest BCUT2D eigenvalue weighted by Crippen LogP contribution is 2.35. The number of allylic oxidation sites excluding steroid dienone is 3. The smallest absolute Gasteiger partial charge is 0.209 e. The van der Waals surface area contributed by atoms with E-state index >= 15 is 0 Å². The normalized spacial score (nSPS) is 19.6. The van der Waals surface area contributed by atoms with Crippen LogP contribution < -0.4 is 0 Å². The number of aliphatic imine (C=N–C) groups is 1. The van der Waals surface area contributed by atoms with Crippen LogP contribution in [-0.2, 0) is 4.79 Å². The molecule has 1 aromatic carbocycles. The SMILES string of the molecule is CC(=N)N1C(=N)[C@H](CC(C)=O)N=C(c2ccc(Cl)cc2)C2=C1BC(C)=C2C. The molecule has 0 unspecified atom stereocenters. The number of rotatable bonds is 3. The van der Waals surface area contributed by atoms with Crippen molar-refractivity contribution in [3.05, 3.63) is 57.1 Å². The van der Waals surface area contributed by atoms with Crippen molar-refractivity contribution in [1.29, 1.82) is 10.8 Å². The molecule has 27 heavy (non-hydrogen) atoms. The molecule has 0 saturated heterocycles. The largest absolute Gasteiger partial charge is 0.300 e. The Labute approximate surface area is 165 Å². The van der Waals surface area contributed by atoms with Crippen LogP contribution in [0.2, 0.25) is 5.02 Å². The Hall–Kier alpha value is -2.47. The van der Waals surface area contributed by atoms with Gasteiger partial charge in [0.05, 0.1) is 5.71 Å². The maximum Gasteiger partial charge on any atom is 0.209 e. The molecule has 0 saturated carbocycles. The molecule has 0 fully saturated rings. The summed E-state index contributed by atoms with van der Waals surface area (Å²) in [5.74, 6) is 0.407. The van der Waals surface area contributed by atoms with E-state index in [0.29, 0.717) is 12.3 Å². The zero-order chi connectivity index (χ0) is 19.9. The van der Waals surface area contributed by atoms with Crippen LogP contribution >= 0.6 is 11.6 Å². The van der Waals surface area contributed by atoms with Gasteiger partial charge < -0.3 is 0 Å². The van der Waals surface area contributed by atoms with Crippen molar-refractivity contribution in [3.8, 4) is 0 Å². The predicted octanol–water partition coefficient (Wildman–Crippen LogP) is 3.72. The van der Waals surface area contributed by atoms with E-state index in [2.05, 4.69) is 13.8 Å². The molecule has 138 valence electrons. The highest BCUT2D eigenvalue weighted by Gasteiger charge is 2.36. The summed E-state index contributed by atoms with van der Waals surface area (Å²) in [5, 5.41) is 17.6. The maximum atomic E-state index is 11.8. The Kier molecular flexibility index (Phi) is 5.20. The summed E-state index contributed by atoms with van der Waals surface area (Å²) in [6.07, 6.45) is 0.141. The fourth-order valence-corrected chi connectivity index (χ4v) is 3.73. The first-order valence-electron chi connectivity index (χ1n) is 8.87. The van der Waals surface area contributed by atoms with Crippen molar-refractivity contribution in [2.24, 2.45) is 4.99 Å². The van der Waals surface area contributed by atoms with Crippen LogP contribution in [0.3, 0.4) is 0 Å². The van der Waals surface area contributed by atoms with Crippen LogP contribution in [0.15, 0.2) is 51.5 Å². The second-order valence-corrected chi connectivity index (χ2v) is 7.55. The predicted molar refractivity (Wildman–Crippen MR) is 113 cm³/mol. The average Bonchev–Trinajstić information content (AvgIpc) is 2.80. The number of nitrogens with one attached hydrogen (secondary N) is 2. The van der Waals surface area contributed by atoms with Gasteiger partial charge in [0.2, 0.25) is 7.28 Å². The summed E-state index contributed by atoms with van der Waals surface area (Å²) in [7, 11) is 0.666. The summed E-state index contributed by atoms with van der Waals surface area (Å²) < 4.78 is 0. The first-order chi connectivity index (χ1) is 12.7. The van der Waals surface area contributed by atoms with E-state index in [1.807, 2.05) is 24.3 Å². The molecule has 0 aliphatic carbocycles. The third-order valence-corrected chi connectivity index (χ3v) is 5.27. The van der Waals surface area contributed by atoms with Crippen LogP contribution in [0.5, 0.6) is 0 Å². The molecule has 0 spiro atoms. The number of carbonyl (C=O) groups is 1. The van der Waals surface area contributed by atoms with E-state index in [4.69, 9.17) is 27.4 Å². The molecule has 0 bridgehead atoms. The number of hydrogen-bond acceptors (Lipinski definition) is 4. The molecule has 0 amide bonds. The molecule has 1 atom stereocenters. The van der Waals surface area contributed by atoms with Gasteiger partial charge >= 0.3 is 0 Å². The van der Waals surface area contributed by atoms with Crippen molar-refractivity contribution in [2.75, 3.05) is 0 Å². The number of carbonyl (C=O) groups excluding carboxylic acids is 1. The number of nitrogens with zero attached hydrogens (tertiary/aromatic N) is 2. The Bertz CT molecular complexity index is 943. The minimum Gasteiger partial charge on any atom is -0.300 e. The standard InChI is InChI=1S/C20H22BClN4O/c1-10(27)9-16-20(24)26(13(4)23)19-17(11(2)12(3)21-19)18(25-16)14-5-7-15(22)8-6-14/h5-8,16,21,23-24H,9H2,1-4H3/t16-/m0/s1. The minimum absolute atomic E-state index is 0.0305. The van der Waals surface area contributed by atoms with Gasteiger partial charge in [0.1, 0.15) is 23.5 Å². The van der Waals surface area contributed by atoms with Gasteiger partial charge in [-0.25, -0.2) is 0 Å².